The van der Waals surface area contributed by atoms with Gasteiger partial charge in [0.05, 0.1) is 0 Å². The smallest absolute Gasteiger partial charge is 0.270 e. The van der Waals surface area contributed by atoms with Crippen LogP contribution < -0.4 is 15.5 Å². The number of anilines is 1. The molecule has 7 heteroatoms. The second-order valence-corrected chi connectivity index (χ2v) is 7.37. The van der Waals surface area contributed by atoms with E-state index in [1.807, 2.05) is 0 Å². The maximum absolute atomic E-state index is 12.3. The van der Waals surface area contributed by atoms with Crippen molar-refractivity contribution >= 4 is 17.6 Å². The van der Waals surface area contributed by atoms with Crippen molar-refractivity contribution in [3.63, 3.8) is 0 Å². The molecule has 7 nitrogen and oxygen atoms in total. The summed E-state index contributed by atoms with van der Waals surface area (Å²) in [5.41, 5.74) is 1.48. The molecule has 1 aromatic rings. The van der Waals surface area contributed by atoms with Crippen molar-refractivity contribution in [1.82, 2.24) is 20.6 Å². The van der Waals surface area contributed by atoms with E-state index in [9.17, 15) is 9.59 Å². The lowest BCUT2D eigenvalue weighted by Gasteiger charge is -2.25. The third-order valence-corrected chi connectivity index (χ3v) is 4.84. The molecule has 2 N–H and O–H groups in total. The fourth-order valence-electron chi connectivity index (χ4n) is 3.59. The predicted octanol–water partition coefficient (Wildman–Crippen LogP) is 0.923. The van der Waals surface area contributed by atoms with Gasteiger partial charge in [0.25, 0.3) is 5.91 Å². The molecule has 3 rings (SSSR count). The zero-order valence-electron chi connectivity index (χ0n) is 15.3. The van der Waals surface area contributed by atoms with Crippen LogP contribution >= 0.6 is 0 Å². The fourth-order valence-corrected chi connectivity index (χ4v) is 3.59. The summed E-state index contributed by atoms with van der Waals surface area (Å²) in [6, 6.07) is 0. The molecule has 2 amide bonds. The van der Waals surface area contributed by atoms with Gasteiger partial charge in [-0.2, -0.15) is 0 Å². The Bertz CT molecular complexity index is 674. The molecule has 2 aliphatic heterocycles. The Labute approximate surface area is 148 Å². The van der Waals surface area contributed by atoms with Crippen LogP contribution in [0.15, 0.2) is 0 Å². The summed E-state index contributed by atoms with van der Waals surface area (Å²) in [5.74, 6) is 2.37. The summed E-state index contributed by atoms with van der Waals surface area (Å²) in [6.45, 7) is 6.55. The number of amides is 2. The minimum atomic E-state index is -0.101. The van der Waals surface area contributed by atoms with Crippen molar-refractivity contribution in [2.24, 2.45) is 11.8 Å². The Balaban J connectivity index is 1.88. The fraction of sp³-hybridized carbons (Fsp3) is 0.667. The van der Waals surface area contributed by atoms with Gasteiger partial charge in [-0.05, 0) is 24.7 Å². The number of aromatic nitrogens is 2. The first-order chi connectivity index (χ1) is 12.0. The third-order valence-electron chi connectivity index (χ3n) is 4.84. The molecule has 0 spiro atoms. The molecule has 1 fully saturated rings. The second-order valence-electron chi connectivity index (χ2n) is 7.37. The molecule has 0 aromatic carbocycles. The number of hydrogen-bond donors (Lipinski definition) is 2. The van der Waals surface area contributed by atoms with Gasteiger partial charge >= 0.3 is 0 Å². The molecule has 136 valence electrons. The van der Waals surface area contributed by atoms with Crippen molar-refractivity contribution in [2.45, 2.75) is 39.5 Å². The summed E-state index contributed by atoms with van der Waals surface area (Å²) in [5, 5.41) is 5.58. The molecular weight excluding hydrogens is 318 g/mol. The van der Waals surface area contributed by atoms with Crippen LogP contribution in [0.1, 0.15) is 48.6 Å². The lowest BCUT2D eigenvalue weighted by atomic mass is 10.0. The predicted molar refractivity (Wildman–Crippen MR) is 95.6 cm³/mol. The van der Waals surface area contributed by atoms with Crippen molar-refractivity contribution in [3.8, 4) is 0 Å². The van der Waals surface area contributed by atoms with Gasteiger partial charge in [-0.3, -0.25) is 9.59 Å². The number of rotatable bonds is 5. The van der Waals surface area contributed by atoms with E-state index in [1.54, 1.807) is 7.05 Å². The van der Waals surface area contributed by atoms with Gasteiger partial charge in [0.15, 0.2) is 0 Å². The first kappa shape index (κ1) is 17.6. The zero-order chi connectivity index (χ0) is 18.0. The molecule has 3 heterocycles. The standard InChI is InChI=1S/C18H27N5O2/c1-11(2)8-14-21-16-13(4-6-20-18(16)25)17(22-14)23-7-5-12(10-23)9-15(24)19-3/h11-12H,4-10H2,1-3H3,(H,19,24)(H,20,25). The summed E-state index contributed by atoms with van der Waals surface area (Å²) >= 11 is 0. The summed E-state index contributed by atoms with van der Waals surface area (Å²) in [7, 11) is 1.67. The van der Waals surface area contributed by atoms with Crippen molar-refractivity contribution < 1.29 is 9.59 Å². The normalized spacial score (nSPS) is 19.8. The molecule has 0 radical (unpaired) electrons. The van der Waals surface area contributed by atoms with Crippen LogP contribution in [0.25, 0.3) is 0 Å². The lowest BCUT2D eigenvalue weighted by molar-refractivity contribution is -0.121. The van der Waals surface area contributed by atoms with Crippen LogP contribution in [0.4, 0.5) is 5.82 Å². The van der Waals surface area contributed by atoms with Gasteiger partial charge in [0, 0.05) is 45.1 Å². The average Bonchev–Trinajstić information content (AvgIpc) is 3.02. The van der Waals surface area contributed by atoms with Crippen LogP contribution in [-0.2, 0) is 17.6 Å². The van der Waals surface area contributed by atoms with Crippen LogP contribution in [0.3, 0.4) is 0 Å². The van der Waals surface area contributed by atoms with Gasteiger partial charge in [-0.25, -0.2) is 9.97 Å². The Morgan fingerprint density at radius 1 is 1.40 bits per heavy atom. The molecule has 1 unspecified atom stereocenters. The summed E-state index contributed by atoms with van der Waals surface area (Å²) in [6.07, 6.45) is 3.02. The van der Waals surface area contributed by atoms with E-state index in [1.165, 1.54) is 0 Å². The molecule has 1 saturated heterocycles. The SMILES string of the molecule is CNC(=O)CC1CCN(c2nc(CC(C)C)nc3c2CCNC3=O)C1. The van der Waals surface area contributed by atoms with Crippen molar-refractivity contribution in [2.75, 3.05) is 31.6 Å². The van der Waals surface area contributed by atoms with E-state index >= 15 is 0 Å². The molecule has 0 aliphatic carbocycles. The Kier molecular flexibility index (Phi) is 5.20. The van der Waals surface area contributed by atoms with E-state index in [4.69, 9.17) is 4.98 Å². The van der Waals surface area contributed by atoms with Crippen LogP contribution in [0.5, 0.6) is 0 Å². The minimum Gasteiger partial charge on any atom is -0.359 e. The van der Waals surface area contributed by atoms with Crippen LogP contribution in [0, 0.1) is 11.8 Å². The molecule has 1 aromatic heterocycles. The van der Waals surface area contributed by atoms with Gasteiger partial charge < -0.3 is 15.5 Å². The van der Waals surface area contributed by atoms with E-state index in [0.29, 0.717) is 30.5 Å². The van der Waals surface area contributed by atoms with Crippen LogP contribution in [-0.4, -0.2) is 48.5 Å². The third kappa shape index (κ3) is 3.91. The Hall–Kier alpha value is -2.18. The van der Waals surface area contributed by atoms with Crippen molar-refractivity contribution in [3.05, 3.63) is 17.1 Å². The number of nitrogens with one attached hydrogen (secondary N) is 2. The molecular formula is C18H27N5O2. The molecule has 2 aliphatic rings. The zero-order valence-corrected chi connectivity index (χ0v) is 15.3. The monoisotopic (exact) mass is 345 g/mol. The maximum atomic E-state index is 12.3. The number of carbonyl (C=O) groups excluding carboxylic acids is 2. The minimum absolute atomic E-state index is 0.0800. The van der Waals surface area contributed by atoms with Gasteiger partial charge in [-0.1, -0.05) is 13.8 Å². The van der Waals surface area contributed by atoms with Gasteiger partial charge in [-0.15, -0.1) is 0 Å². The van der Waals surface area contributed by atoms with Crippen molar-refractivity contribution in [1.29, 1.82) is 0 Å². The van der Waals surface area contributed by atoms with E-state index in [2.05, 4.69) is 34.4 Å². The molecule has 0 saturated carbocycles. The topological polar surface area (TPSA) is 87.2 Å². The second kappa shape index (κ2) is 7.37. The largest absolute Gasteiger partial charge is 0.359 e. The molecule has 0 bridgehead atoms. The average molecular weight is 345 g/mol. The first-order valence-electron chi connectivity index (χ1n) is 9.11. The number of fused-ring (bicyclic) bond motifs is 1. The number of nitrogens with zero attached hydrogens (tertiary/aromatic N) is 3. The van der Waals surface area contributed by atoms with Gasteiger partial charge in [0.2, 0.25) is 5.91 Å². The lowest BCUT2D eigenvalue weighted by Crippen LogP contribution is -2.36. The number of hydrogen-bond acceptors (Lipinski definition) is 5. The Morgan fingerprint density at radius 2 is 2.20 bits per heavy atom. The highest BCUT2D eigenvalue weighted by Crippen LogP contribution is 2.30. The molecule has 25 heavy (non-hydrogen) atoms. The van der Waals surface area contributed by atoms with Crippen LogP contribution in [0.2, 0.25) is 0 Å². The molecule has 1 atom stereocenters. The van der Waals surface area contributed by atoms with E-state index < -0.39 is 0 Å². The first-order valence-corrected chi connectivity index (χ1v) is 9.11. The Morgan fingerprint density at radius 3 is 2.92 bits per heavy atom. The highest BCUT2D eigenvalue weighted by molar-refractivity contribution is 5.96. The van der Waals surface area contributed by atoms with E-state index in [-0.39, 0.29) is 11.8 Å². The quantitative estimate of drug-likeness (QED) is 0.829. The summed E-state index contributed by atoms with van der Waals surface area (Å²) in [4.78, 5) is 35.5. The van der Waals surface area contributed by atoms with E-state index in [0.717, 1.165) is 49.6 Å². The number of carbonyl (C=O) groups is 2. The maximum Gasteiger partial charge on any atom is 0.270 e. The van der Waals surface area contributed by atoms with Gasteiger partial charge in [0.1, 0.15) is 17.3 Å². The highest BCUT2D eigenvalue weighted by Gasteiger charge is 2.31. The summed E-state index contributed by atoms with van der Waals surface area (Å²) < 4.78 is 0. The highest BCUT2D eigenvalue weighted by atomic mass is 16.2.